The van der Waals surface area contributed by atoms with Crippen LogP contribution in [0.4, 0.5) is 0 Å². The molecule has 0 spiro atoms. The zero-order valence-corrected chi connectivity index (χ0v) is 13.1. The van der Waals surface area contributed by atoms with Gasteiger partial charge in [0.25, 0.3) is 0 Å². The van der Waals surface area contributed by atoms with Crippen LogP contribution in [-0.4, -0.2) is 7.11 Å². The smallest absolute Gasteiger partial charge is 0.122 e. The second-order valence-corrected chi connectivity index (χ2v) is 5.77. The number of hydrogen-bond donors (Lipinski definition) is 0. The summed E-state index contributed by atoms with van der Waals surface area (Å²) < 4.78 is 5.45. The van der Waals surface area contributed by atoms with Gasteiger partial charge in [-0.05, 0) is 42.7 Å². The largest absolute Gasteiger partial charge is 0.496 e. The molecule has 2 rings (SSSR count). The lowest BCUT2D eigenvalue weighted by Gasteiger charge is -2.12. The minimum Gasteiger partial charge on any atom is -0.496 e. The van der Waals surface area contributed by atoms with Crippen molar-refractivity contribution < 1.29 is 4.74 Å². The van der Waals surface area contributed by atoms with Gasteiger partial charge in [0.1, 0.15) is 5.75 Å². The van der Waals surface area contributed by atoms with E-state index in [-0.39, 0.29) is 0 Å². The number of rotatable bonds is 5. The number of ether oxygens (including phenoxy) is 1. The van der Waals surface area contributed by atoms with Crippen LogP contribution in [0.5, 0.6) is 5.75 Å². The fourth-order valence-electron chi connectivity index (χ4n) is 2.22. The highest BCUT2D eigenvalue weighted by Crippen LogP contribution is 2.32. The zero-order valence-electron chi connectivity index (χ0n) is 12.3. The van der Waals surface area contributed by atoms with Gasteiger partial charge in [0, 0.05) is 16.2 Å². The summed E-state index contributed by atoms with van der Waals surface area (Å²) in [5.74, 6) is 1.84. The van der Waals surface area contributed by atoms with Crippen LogP contribution in [0.15, 0.2) is 47.9 Å². The van der Waals surface area contributed by atoms with E-state index in [0.29, 0.717) is 0 Å². The van der Waals surface area contributed by atoms with Gasteiger partial charge in [0.2, 0.25) is 0 Å². The van der Waals surface area contributed by atoms with Gasteiger partial charge in [-0.3, -0.25) is 0 Å². The predicted molar refractivity (Wildman–Crippen MR) is 88.6 cm³/mol. The third kappa shape index (κ3) is 3.26. The van der Waals surface area contributed by atoms with Gasteiger partial charge in [0.05, 0.1) is 7.11 Å². The quantitative estimate of drug-likeness (QED) is 0.694. The van der Waals surface area contributed by atoms with Gasteiger partial charge < -0.3 is 4.74 Å². The van der Waals surface area contributed by atoms with E-state index in [9.17, 15) is 0 Å². The molecule has 0 unspecified atom stereocenters. The first-order chi connectivity index (χ1) is 9.65. The predicted octanol–water partition coefficient (Wildman–Crippen LogP) is 5.25. The summed E-state index contributed by atoms with van der Waals surface area (Å²) in [4.78, 5) is 1.36. The average molecular weight is 284 g/mol. The Balaban J connectivity index is 2.24. The Labute approximate surface area is 125 Å². The Kier molecular flexibility index (Phi) is 4.91. The van der Waals surface area contributed by atoms with Crippen LogP contribution in [0, 0.1) is 13.8 Å². The van der Waals surface area contributed by atoms with E-state index in [2.05, 4.69) is 44.7 Å². The molecular weight excluding hydrogens is 264 g/mol. The molecule has 0 amide bonds. The molecule has 104 valence electrons. The van der Waals surface area contributed by atoms with Crippen molar-refractivity contribution in [3.63, 3.8) is 0 Å². The molecule has 2 heteroatoms. The molecule has 0 saturated heterocycles. The summed E-state index contributed by atoms with van der Waals surface area (Å²) in [6.45, 7) is 8.15. The Bertz CT molecular complexity index is 597. The Hall–Kier alpha value is -1.67. The zero-order chi connectivity index (χ0) is 14.5. The lowest BCUT2D eigenvalue weighted by molar-refractivity contribution is 0.411. The minimum absolute atomic E-state index is 0.899. The molecule has 0 N–H and O–H groups in total. The lowest BCUT2D eigenvalue weighted by Crippen LogP contribution is -1.92. The first-order valence-corrected chi connectivity index (χ1v) is 7.62. The first kappa shape index (κ1) is 14.7. The molecule has 0 fully saturated rings. The van der Waals surface area contributed by atoms with Crippen molar-refractivity contribution in [1.29, 1.82) is 0 Å². The van der Waals surface area contributed by atoms with E-state index in [1.54, 1.807) is 7.11 Å². The summed E-state index contributed by atoms with van der Waals surface area (Å²) in [5, 5.41) is 0. The summed E-state index contributed by atoms with van der Waals surface area (Å²) in [7, 11) is 1.72. The molecule has 0 bridgehead atoms. The maximum absolute atomic E-state index is 5.45. The number of benzene rings is 2. The topological polar surface area (TPSA) is 9.23 Å². The molecule has 1 nitrogen and oxygen atoms in total. The molecule has 20 heavy (non-hydrogen) atoms. The lowest BCUT2D eigenvalue weighted by atomic mass is 10.1. The normalized spacial score (nSPS) is 10.3. The third-order valence-corrected chi connectivity index (χ3v) is 4.71. The molecule has 2 aromatic rings. The molecule has 0 radical (unpaired) electrons. The monoisotopic (exact) mass is 284 g/mol. The fraction of sp³-hybridized carbons (Fsp3) is 0.222. The van der Waals surface area contributed by atoms with Crippen molar-refractivity contribution in [3.8, 4) is 5.75 Å². The van der Waals surface area contributed by atoms with E-state index < -0.39 is 0 Å². The van der Waals surface area contributed by atoms with Gasteiger partial charge in [-0.15, -0.1) is 11.8 Å². The summed E-state index contributed by atoms with van der Waals surface area (Å²) in [6.07, 6.45) is 1.87. The second-order valence-electron chi connectivity index (χ2n) is 4.79. The maximum atomic E-state index is 5.45. The van der Waals surface area contributed by atoms with E-state index >= 15 is 0 Å². The third-order valence-electron chi connectivity index (χ3n) is 3.32. The van der Waals surface area contributed by atoms with Crippen LogP contribution in [0.25, 0.3) is 6.08 Å². The average Bonchev–Trinajstić information content (AvgIpc) is 2.46. The van der Waals surface area contributed by atoms with Crippen molar-refractivity contribution in [3.05, 3.63) is 65.2 Å². The minimum atomic E-state index is 0.899. The van der Waals surface area contributed by atoms with Crippen LogP contribution < -0.4 is 4.74 Å². The Morgan fingerprint density at radius 3 is 2.45 bits per heavy atom. The van der Waals surface area contributed by atoms with E-state index in [1.807, 2.05) is 30.0 Å². The number of methoxy groups -OCH3 is 1. The van der Waals surface area contributed by atoms with Crippen LogP contribution in [0.3, 0.4) is 0 Å². The number of thioether (sulfide) groups is 1. The van der Waals surface area contributed by atoms with E-state index in [0.717, 1.165) is 17.1 Å². The molecule has 0 saturated carbocycles. The first-order valence-electron chi connectivity index (χ1n) is 6.64. The fourth-order valence-corrected chi connectivity index (χ4v) is 3.33. The van der Waals surface area contributed by atoms with Crippen molar-refractivity contribution in [1.82, 2.24) is 0 Å². The highest BCUT2D eigenvalue weighted by atomic mass is 32.2. The SMILES string of the molecule is C=Cc1ccc(OC)c(CSc2c(C)cccc2C)c1. The van der Waals surface area contributed by atoms with Crippen molar-refractivity contribution in [2.75, 3.05) is 7.11 Å². The summed E-state index contributed by atoms with van der Waals surface area (Å²) in [6, 6.07) is 12.6. The Morgan fingerprint density at radius 1 is 1.15 bits per heavy atom. The molecule has 0 aliphatic carbocycles. The highest BCUT2D eigenvalue weighted by molar-refractivity contribution is 7.98. The highest BCUT2D eigenvalue weighted by Gasteiger charge is 2.07. The molecule has 0 atom stereocenters. The molecule has 0 aliphatic rings. The summed E-state index contributed by atoms with van der Waals surface area (Å²) in [5.41, 5.74) is 4.99. The van der Waals surface area contributed by atoms with Gasteiger partial charge >= 0.3 is 0 Å². The number of aryl methyl sites for hydroxylation is 2. The standard InChI is InChI=1S/C18H20OS/c1-5-15-9-10-17(19-4)16(11-15)12-20-18-13(2)7-6-8-14(18)3/h5-11H,1,12H2,2-4H3. The maximum Gasteiger partial charge on any atom is 0.122 e. The molecule has 0 aliphatic heterocycles. The van der Waals surface area contributed by atoms with Gasteiger partial charge in [-0.1, -0.05) is 36.9 Å². The molecule has 0 heterocycles. The van der Waals surface area contributed by atoms with E-state index in [4.69, 9.17) is 4.74 Å². The van der Waals surface area contributed by atoms with Gasteiger partial charge in [0.15, 0.2) is 0 Å². The van der Waals surface area contributed by atoms with Gasteiger partial charge in [-0.2, -0.15) is 0 Å². The van der Waals surface area contributed by atoms with Crippen molar-refractivity contribution in [2.45, 2.75) is 24.5 Å². The van der Waals surface area contributed by atoms with Crippen LogP contribution in [0.1, 0.15) is 22.3 Å². The van der Waals surface area contributed by atoms with Gasteiger partial charge in [-0.25, -0.2) is 0 Å². The Morgan fingerprint density at radius 2 is 1.85 bits per heavy atom. The van der Waals surface area contributed by atoms with Crippen molar-refractivity contribution >= 4 is 17.8 Å². The van der Waals surface area contributed by atoms with Crippen LogP contribution in [-0.2, 0) is 5.75 Å². The molecule has 0 aromatic heterocycles. The van der Waals surface area contributed by atoms with Crippen molar-refractivity contribution in [2.24, 2.45) is 0 Å². The van der Waals surface area contributed by atoms with E-state index in [1.165, 1.54) is 21.6 Å². The molecular formula is C18H20OS. The van der Waals surface area contributed by atoms with Crippen LogP contribution >= 0.6 is 11.8 Å². The second kappa shape index (κ2) is 6.67. The summed E-state index contributed by atoms with van der Waals surface area (Å²) >= 11 is 1.86. The molecule has 2 aromatic carbocycles. The number of hydrogen-bond acceptors (Lipinski definition) is 2. The van der Waals surface area contributed by atoms with Crippen LogP contribution in [0.2, 0.25) is 0 Å².